The summed E-state index contributed by atoms with van der Waals surface area (Å²) < 4.78 is 7.37. The first-order valence-electron chi connectivity index (χ1n) is 6.09. The standard InChI is InChI=1S/C12H23N3O2/c1-6-15-9(8-13-14-15)10(16)11(17-7-2)12(3,4)5/h8,10-11,16H,6-7H2,1-5H3. The molecule has 0 aliphatic rings. The van der Waals surface area contributed by atoms with Gasteiger partial charge in [-0.2, -0.15) is 0 Å². The molecular formula is C12H23N3O2. The van der Waals surface area contributed by atoms with Crippen LogP contribution in [0.5, 0.6) is 0 Å². The number of rotatable bonds is 5. The number of aliphatic hydroxyl groups excluding tert-OH is 1. The average Bonchev–Trinajstić information content (AvgIpc) is 2.71. The molecule has 0 saturated carbocycles. The van der Waals surface area contributed by atoms with Gasteiger partial charge in [-0.1, -0.05) is 26.0 Å². The number of ether oxygens (including phenoxy) is 1. The zero-order valence-corrected chi connectivity index (χ0v) is 11.3. The molecule has 0 aliphatic carbocycles. The van der Waals surface area contributed by atoms with Crippen molar-refractivity contribution >= 4 is 0 Å². The van der Waals surface area contributed by atoms with Gasteiger partial charge < -0.3 is 9.84 Å². The van der Waals surface area contributed by atoms with Gasteiger partial charge in [-0.15, -0.1) is 5.10 Å². The highest BCUT2D eigenvalue weighted by Crippen LogP contribution is 2.32. The maximum absolute atomic E-state index is 10.4. The van der Waals surface area contributed by atoms with Crippen LogP contribution in [-0.4, -0.2) is 32.8 Å². The number of hydrogen-bond donors (Lipinski definition) is 1. The van der Waals surface area contributed by atoms with Crippen LogP contribution < -0.4 is 0 Å². The van der Waals surface area contributed by atoms with E-state index in [1.54, 1.807) is 10.9 Å². The molecule has 0 bridgehead atoms. The van der Waals surface area contributed by atoms with Gasteiger partial charge in [0.05, 0.1) is 18.0 Å². The second kappa shape index (κ2) is 5.60. The first-order valence-corrected chi connectivity index (χ1v) is 6.09. The normalized spacial score (nSPS) is 15.9. The van der Waals surface area contributed by atoms with E-state index in [9.17, 15) is 5.11 Å². The first-order chi connectivity index (χ1) is 7.91. The van der Waals surface area contributed by atoms with Crippen molar-refractivity contribution in [1.29, 1.82) is 0 Å². The van der Waals surface area contributed by atoms with Crippen molar-refractivity contribution in [2.24, 2.45) is 5.41 Å². The predicted octanol–water partition coefficient (Wildman–Crippen LogP) is 1.78. The minimum absolute atomic E-state index is 0.141. The van der Waals surface area contributed by atoms with E-state index >= 15 is 0 Å². The Kier molecular flexibility index (Phi) is 4.65. The van der Waals surface area contributed by atoms with Gasteiger partial charge in [0.25, 0.3) is 0 Å². The number of aromatic nitrogens is 3. The average molecular weight is 241 g/mol. The lowest BCUT2D eigenvalue weighted by Gasteiger charge is -2.34. The molecule has 1 rings (SSSR count). The Labute approximate surface area is 103 Å². The van der Waals surface area contributed by atoms with Crippen LogP contribution in [0.2, 0.25) is 0 Å². The highest BCUT2D eigenvalue weighted by atomic mass is 16.5. The van der Waals surface area contributed by atoms with Crippen molar-refractivity contribution in [2.75, 3.05) is 6.61 Å². The number of aliphatic hydroxyl groups is 1. The summed E-state index contributed by atoms with van der Waals surface area (Å²) in [6.07, 6.45) is 0.632. The van der Waals surface area contributed by atoms with Crippen LogP contribution in [0, 0.1) is 5.41 Å². The molecule has 2 unspecified atom stereocenters. The van der Waals surface area contributed by atoms with Gasteiger partial charge in [-0.05, 0) is 19.3 Å². The molecule has 17 heavy (non-hydrogen) atoms. The number of aryl methyl sites for hydroxylation is 1. The van der Waals surface area contributed by atoms with Gasteiger partial charge in [0.15, 0.2) is 0 Å². The van der Waals surface area contributed by atoms with Gasteiger partial charge in [0.2, 0.25) is 0 Å². The summed E-state index contributed by atoms with van der Waals surface area (Å²) in [6.45, 7) is 11.3. The second-order valence-corrected chi connectivity index (χ2v) is 5.16. The number of nitrogens with zero attached hydrogens (tertiary/aromatic N) is 3. The minimum atomic E-state index is -0.704. The topological polar surface area (TPSA) is 60.2 Å². The van der Waals surface area contributed by atoms with E-state index in [0.717, 1.165) is 0 Å². The van der Waals surface area contributed by atoms with Gasteiger partial charge in [0.1, 0.15) is 6.10 Å². The largest absolute Gasteiger partial charge is 0.384 e. The Hall–Kier alpha value is -0.940. The Morgan fingerprint density at radius 1 is 1.41 bits per heavy atom. The van der Waals surface area contributed by atoms with E-state index in [4.69, 9.17) is 4.74 Å². The van der Waals surface area contributed by atoms with Crippen molar-refractivity contribution in [2.45, 2.75) is 53.4 Å². The summed E-state index contributed by atoms with van der Waals surface area (Å²) in [5.41, 5.74) is 0.569. The molecule has 5 nitrogen and oxygen atoms in total. The maximum Gasteiger partial charge on any atom is 0.124 e. The highest BCUT2D eigenvalue weighted by molar-refractivity contribution is 5.03. The fourth-order valence-corrected chi connectivity index (χ4v) is 1.89. The van der Waals surface area contributed by atoms with Crippen molar-refractivity contribution in [1.82, 2.24) is 15.0 Å². The van der Waals surface area contributed by atoms with Crippen LogP contribution in [0.4, 0.5) is 0 Å². The summed E-state index contributed by atoms with van der Waals surface area (Å²) >= 11 is 0. The first kappa shape index (κ1) is 14.1. The third-order valence-electron chi connectivity index (χ3n) is 2.74. The Morgan fingerprint density at radius 2 is 2.06 bits per heavy atom. The summed E-state index contributed by atoms with van der Waals surface area (Å²) in [4.78, 5) is 0. The molecular weight excluding hydrogens is 218 g/mol. The van der Waals surface area contributed by atoms with E-state index in [1.165, 1.54) is 0 Å². The third kappa shape index (κ3) is 3.26. The molecule has 1 heterocycles. The summed E-state index contributed by atoms with van der Waals surface area (Å²) in [5, 5.41) is 18.2. The molecule has 1 aromatic rings. The number of hydrogen-bond acceptors (Lipinski definition) is 4. The van der Waals surface area contributed by atoms with E-state index in [2.05, 4.69) is 31.1 Å². The monoisotopic (exact) mass is 241 g/mol. The SMILES string of the molecule is CCOC(C(O)c1cnnn1CC)C(C)(C)C. The van der Waals surface area contributed by atoms with Crippen LogP contribution in [0.15, 0.2) is 6.20 Å². The maximum atomic E-state index is 10.4. The quantitative estimate of drug-likeness (QED) is 0.853. The van der Waals surface area contributed by atoms with Gasteiger partial charge in [0, 0.05) is 13.2 Å². The zero-order valence-electron chi connectivity index (χ0n) is 11.3. The Balaban J connectivity index is 2.95. The van der Waals surface area contributed by atoms with Crippen molar-refractivity contribution in [3.63, 3.8) is 0 Å². The molecule has 0 radical (unpaired) electrons. The van der Waals surface area contributed by atoms with E-state index in [1.807, 2.05) is 13.8 Å². The Morgan fingerprint density at radius 3 is 2.53 bits per heavy atom. The summed E-state index contributed by atoms with van der Waals surface area (Å²) in [6, 6.07) is 0. The van der Waals surface area contributed by atoms with E-state index in [-0.39, 0.29) is 11.5 Å². The third-order valence-corrected chi connectivity index (χ3v) is 2.74. The lowest BCUT2D eigenvalue weighted by molar-refractivity contribution is -0.0925. The second-order valence-electron chi connectivity index (χ2n) is 5.16. The van der Waals surface area contributed by atoms with E-state index < -0.39 is 6.10 Å². The van der Waals surface area contributed by atoms with Crippen molar-refractivity contribution in [3.05, 3.63) is 11.9 Å². The zero-order chi connectivity index (χ0) is 13.1. The smallest absolute Gasteiger partial charge is 0.124 e. The van der Waals surface area contributed by atoms with Crippen molar-refractivity contribution < 1.29 is 9.84 Å². The lowest BCUT2D eigenvalue weighted by Crippen LogP contribution is -2.36. The van der Waals surface area contributed by atoms with Crippen LogP contribution in [0.1, 0.15) is 46.4 Å². The fraction of sp³-hybridized carbons (Fsp3) is 0.833. The van der Waals surface area contributed by atoms with Gasteiger partial charge >= 0.3 is 0 Å². The summed E-state index contributed by atoms with van der Waals surface area (Å²) in [7, 11) is 0. The molecule has 0 spiro atoms. The fourth-order valence-electron chi connectivity index (χ4n) is 1.89. The van der Waals surface area contributed by atoms with Crippen LogP contribution in [-0.2, 0) is 11.3 Å². The van der Waals surface area contributed by atoms with E-state index in [0.29, 0.717) is 18.8 Å². The van der Waals surface area contributed by atoms with Gasteiger partial charge in [-0.3, -0.25) is 0 Å². The molecule has 98 valence electrons. The molecule has 0 amide bonds. The molecule has 5 heteroatoms. The minimum Gasteiger partial charge on any atom is -0.384 e. The molecule has 1 aromatic heterocycles. The molecule has 0 aliphatic heterocycles. The predicted molar refractivity (Wildman–Crippen MR) is 65.5 cm³/mol. The lowest BCUT2D eigenvalue weighted by atomic mass is 9.84. The molecule has 0 aromatic carbocycles. The molecule has 2 atom stereocenters. The van der Waals surface area contributed by atoms with Crippen molar-refractivity contribution in [3.8, 4) is 0 Å². The summed E-state index contributed by atoms with van der Waals surface area (Å²) in [5.74, 6) is 0. The Bertz CT molecular complexity index is 344. The van der Waals surface area contributed by atoms with Crippen LogP contribution in [0.25, 0.3) is 0 Å². The highest BCUT2D eigenvalue weighted by Gasteiger charge is 2.34. The van der Waals surface area contributed by atoms with Crippen LogP contribution in [0.3, 0.4) is 0 Å². The molecule has 1 N–H and O–H groups in total. The van der Waals surface area contributed by atoms with Crippen LogP contribution >= 0.6 is 0 Å². The van der Waals surface area contributed by atoms with Gasteiger partial charge in [-0.25, -0.2) is 4.68 Å². The molecule has 0 saturated heterocycles. The molecule has 0 fully saturated rings.